The average molecular weight is 476 g/mol. The quantitative estimate of drug-likeness (QED) is 0.334. The number of hydrogen-bond acceptors (Lipinski definition) is 7. The summed E-state index contributed by atoms with van der Waals surface area (Å²) in [5, 5.41) is 52.5. The molecule has 0 saturated carbocycles. The highest BCUT2D eigenvalue weighted by Crippen LogP contribution is 2.28. The zero-order valence-electron chi connectivity index (χ0n) is 19.1. The number of phenolic OH excluding ortho intramolecular Hbond substituents is 1. The lowest BCUT2D eigenvalue weighted by molar-refractivity contribution is -0.165. The molecule has 3 rings (SSSR count). The lowest BCUT2D eigenvalue weighted by Crippen LogP contribution is -2.43. The van der Waals surface area contributed by atoms with Gasteiger partial charge in [0.2, 0.25) is 0 Å². The van der Waals surface area contributed by atoms with Crippen molar-refractivity contribution in [1.29, 1.82) is 0 Å². The Morgan fingerprint density at radius 3 is 1.85 bits per heavy atom. The maximum atomic E-state index is 10.6. The van der Waals surface area contributed by atoms with Crippen molar-refractivity contribution in [1.82, 2.24) is 4.90 Å². The maximum Gasteiger partial charge on any atom is 0.335 e. The highest BCUT2D eigenvalue weighted by molar-refractivity contribution is 5.83. The second-order valence-electron chi connectivity index (χ2n) is 8.51. The van der Waals surface area contributed by atoms with Crippen LogP contribution < -0.4 is 0 Å². The summed E-state index contributed by atoms with van der Waals surface area (Å²) in [7, 11) is 0. The van der Waals surface area contributed by atoms with Crippen molar-refractivity contribution in [2.45, 2.75) is 50.5 Å². The van der Waals surface area contributed by atoms with E-state index in [4.69, 9.17) is 20.4 Å². The minimum absolute atomic E-state index is 0.0900. The van der Waals surface area contributed by atoms with Crippen LogP contribution in [0.25, 0.3) is 0 Å². The molecule has 9 nitrogen and oxygen atoms in total. The van der Waals surface area contributed by atoms with E-state index in [0.29, 0.717) is 0 Å². The zero-order chi connectivity index (χ0) is 25.3. The van der Waals surface area contributed by atoms with Crippen molar-refractivity contribution in [3.8, 4) is 5.75 Å². The van der Waals surface area contributed by atoms with E-state index in [1.807, 2.05) is 0 Å². The molecule has 0 radical (unpaired) electrons. The second kappa shape index (κ2) is 13.0. The first-order valence-electron chi connectivity index (χ1n) is 11.2. The first-order valence-corrected chi connectivity index (χ1v) is 11.2. The summed E-state index contributed by atoms with van der Waals surface area (Å²) in [6.07, 6.45) is -1.53. The van der Waals surface area contributed by atoms with Gasteiger partial charge < -0.3 is 30.6 Å². The molecule has 4 atom stereocenters. The third-order valence-electron chi connectivity index (χ3n) is 6.09. The van der Waals surface area contributed by atoms with Gasteiger partial charge in [0, 0.05) is 6.04 Å². The van der Waals surface area contributed by atoms with Crippen molar-refractivity contribution in [3.05, 3.63) is 65.7 Å². The van der Waals surface area contributed by atoms with Gasteiger partial charge in [-0.25, -0.2) is 9.59 Å². The van der Waals surface area contributed by atoms with E-state index in [1.54, 1.807) is 24.3 Å². The highest BCUT2D eigenvalue weighted by Gasteiger charge is 2.29. The van der Waals surface area contributed by atoms with Gasteiger partial charge in [-0.05, 0) is 68.5 Å². The summed E-state index contributed by atoms with van der Waals surface area (Å²) < 4.78 is 0. The molecule has 1 saturated heterocycles. The van der Waals surface area contributed by atoms with Crippen LogP contribution in [0.15, 0.2) is 54.6 Å². The van der Waals surface area contributed by atoms with Gasteiger partial charge in [-0.1, -0.05) is 42.5 Å². The number of carboxylic acid groups (broad SMARTS) is 2. The number of carboxylic acids is 2. The Morgan fingerprint density at radius 1 is 0.882 bits per heavy atom. The number of aliphatic hydroxyl groups is 3. The number of rotatable bonds is 8. The van der Waals surface area contributed by atoms with Crippen molar-refractivity contribution >= 4 is 11.9 Å². The third-order valence-corrected chi connectivity index (χ3v) is 6.09. The fourth-order valence-corrected chi connectivity index (χ4v) is 3.93. The molecule has 2 aromatic rings. The topological polar surface area (TPSA) is 159 Å². The number of hydrogen-bond donors (Lipinski definition) is 6. The van der Waals surface area contributed by atoms with E-state index in [-0.39, 0.29) is 11.8 Å². The molecule has 34 heavy (non-hydrogen) atoms. The van der Waals surface area contributed by atoms with Crippen LogP contribution in [0.2, 0.25) is 0 Å². The number of piperidine rings is 1. The Hall–Kier alpha value is -2.98. The molecule has 1 heterocycles. The first-order chi connectivity index (χ1) is 16.1. The summed E-state index contributed by atoms with van der Waals surface area (Å²) in [5.74, 6) is -2.56. The second-order valence-corrected chi connectivity index (χ2v) is 8.51. The highest BCUT2D eigenvalue weighted by atomic mass is 16.4. The molecule has 6 N–H and O–H groups in total. The summed E-state index contributed by atoms with van der Waals surface area (Å²) in [6.45, 7) is 4.16. The number of benzene rings is 2. The van der Waals surface area contributed by atoms with Crippen LogP contribution in [0, 0.1) is 5.92 Å². The van der Waals surface area contributed by atoms with E-state index in [9.17, 15) is 19.8 Å². The van der Waals surface area contributed by atoms with Crippen LogP contribution in [0.5, 0.6) is 5.75 Å². The number of phenols is 1. The predicted octanol–water partition coefficient (Wildman–Crippen LogP) is 1.65. The monoisotopic (exact) mass is 475 g/mol. The van der Waals surface area contributed by atoms with Gasteiger partial charge in [0.1, 0.15) is 5.75 Å². The molecule has 2 aromatic carbocycles. The molecular formula is C25H33NO8. The van der Waals surface area contributed by atoms with E-state index >= 15 is 0 Å². The molecule has 0 amide bonds. The van der Waals surface area contributed by atoms with Crippen LogP contribution in [-0.4, -0.2) is 78.8 Å². The van der Waals surface area contributed by atoms with Crippen molar-refractivity contribution in [3.63, 3.8) is 0 Å². The van der Waals surface area contributed by atoms with Gasteiger partial charge in [0.25, 0.3) is 0 Å². The van der Waals surface area contributed by atoms with Crippen LogP contribution in [0.1, 0.15) is 37.0 Å². The molecule has 1 aliphatic rings. The molecule has 0 aromatic heterocycles. The number of aliphatic hydroxyl groups excluding tert-OH is 3. The van der Waals surface area contributed by atoms with Crippen LogP contribution in [0.4, 0.5) is 0 Å². The lowest BCUT2D eigenvalue weighted by Gasteiger charge is -2.38. The van der Waals surface area contributed by atoms with E-state index in [1.165, 1.54) is 18.4 Å². The van der Waals surface area contributed by atoms with Gasteiger partial charge in [-0.2, -0.15) is 0 Å². The minimum Gasteiger partial charge on any atom is -0.508 e. The number of nitrogens with zero attached hydrogens (tertiary/aromatic N) is 1. The SMILES string of the molecule is C[C@@H]([C@H](O)c1ccc(O)cc1)N1CCC(Cc2ccccc2)CC1.O=C(O)C(O)C(O)C(=O)O. The van der Waals surface area contributed by atoms with E-state index in [0.717, 1.165) is 31.0 Å². The number of aliphatic carboxylic acids is 2. The Morgan fingerprint density at radius 2 is 1.38 bits per heavy atom. The standard InChI is InChI=1S/C21H27NO2.C4H6O6/c1-16(21(24)19-7-9-20(23)10-8-19)22-13-11-18(12-14-22)15-17-5-3-2-4-6-17;5-1(3(7)8)2(6)4(9)10/h2-10,16,18,21,23-24H,11-15H2,1H3;1-2,5-6H,(H,7,8)(H,9,10)/t16-,21-;/m0./s1. The van der Waals surface area contributed by atoms with Crippen LogP contribution in [0.3, 0.4) is 0 Å². The molecule has 0 spiro atoms. The average Bonchev–Trinajstić information content (AvgIpc) is 2.84. The van der Waals surface area contributed by atoms with Crippen LogP contribution >= 0.6 is 0 Å². The number of aromatic hydroxyl groups is 1. The van der Waals surface area contributed by atoms with Gasteiger partial charge in [-0.3, -0.25) is 4.90 Å². The molecule has 0 bridgehead atoms. The van der Waals surface area contributed by atoms with Gasteiger partial charge in [-0.15, -0.1) is 0 Å². The third kappa shape index (κ3) is 8.11. The van der Waals surface area contributed by atoms with Crippen molar-refractivity contribution in [2.75, 3.05) is 13.1 Å². The lowest BCUT2D eigenvalue weighted by atomic mass is 9.89. The predicted molar refractivity (Wildman–Crippen MR) is 124 cm³/mol. The maximum absolute atomic E-state index is 10.6. The fourth-order valence-electron chi connectivity index (χ4n) is 3.93. The van der Waals surface area contributed by atoms with Crippen molar-refractivity contribution in [2.24, 2.45) is 5.92 Å². The molecule has 1 aliphatic heterocycles. The molecule has 2 unspecified atom stereocenters. The Kier molecular flexibility index (Phi) is 10.5. The Bertz CT molecular complexity index is 879. The summed E-state index contributed by atoms with van der Waals surface area (Å²) in [4.78, 5) is 21.9. The minimum atomic E-state index is -2.27. The Balaban J connectivity index is 0.000000347. The molecule has 186 valence electrons. The molecular weight excluding hydrogens is 442 g/mol. The smallest absolute Gasteiger partial charge is 0.335 e. The largest absolute Gasteiger partial charge is 0.508 e. The summed E-state index contributed by atoms with van der Waals surface area (Å²) in [6, 6.07) is 17.7. The van der Waals surface area contributed by atoms with Gasteiger partial charge >= 0.3 is 11.9 Å². The molecule has 9 heteroatoms. The van der Waals surface area contributed by atoms with E-state index < -0.39 is 30.3 Å². The fraction of sp³-hybridized carbons (Fsp3) is 0.440. The summed E-state index contributed by atoms with van der Waals surface area (Å²) >= 11 is 0. The van der Waals surface area contributed by atoms with Gasteiger partial charge in [0.05, 0.1) is 6.10 Å². The summed E-state index contributed by atoms with van der Waals surface area (Å²) in [5.41, 5.74) is 2.29. The number of carbonyl (C=O) groups is 2. The van der Waals surface area contributed by atoms with E-state index in [2.05, 4.69) is 42.2 Å². The molecule has 1 fully saturated rings. The van der Waals surface area contributed by atoms with Crippen LogP contribution in [-0.2, 0) is 16.0 Å². The molecule has 0 aliphatic carbocycles. The zero-order valence-corrected chi connectivity index (χ0v) is 19.1. The van der Waals surface area contributed by atoms with Crippen molar-refractivity contribution < 1.29 is 40.2 Å². The normalized spacial score (nSPS) is 18.1. The van der Waals surface area contributed by atoms with Gasteiger partial charge in [0.15, 0.2) is 12.2 Å². The first kappa shape index (κ1) is 27.3. The number of likely N-dealkylation sites (tertiary alicyclic amines) is 1. The Labute approximate surface area is 198 Å².